The molecule has 2 fully saturated rings. The standard InChI is InChI=1S/C38H32N2O5/c1-20-9-8-14-30(22(20)3)39-19-23(18-31(39)41)38(44)45-24-15-16-29(21(2)17-24)40-36(42)34-32-25-10-4-5-11-26(25)33(35(34)37(40)43)28-13-7-6-12-27(28)32/h4-17,23,32-35H,18-19H2,1-3H3/t23-,32?,33?,34-,35-/m1/s1. The number of rotatable bonds is 4. The van der Waals surface area contributed by atoms with E-state index in [1.54, 1.807) is 23.1 Å². The van der Waals surface area contributed by atoms with E-state index in [0.29, 0.717) is 17.0 Å². The van der Waals surface area contributed by atoms with Gasteiger partial charge in [-0.3, -0.25) is 19.2 Å². The van der Waals surface area contributed by atoms with Crippen molar-refractivity contribution < 1.29 is 23.9 Å². The van der Waals surface area contributed by atoms with Gasteiger partial charge >= 0.3 is 5.97 Å². The molecule has 9 rings (SSSR count). The fraction of sp³-hybridized carbons (Fsp3) is 0.263. The van der Waals surface area contributed by atoms with Gasteiger partial charge in [-0.05, 0) is 84.0 Å². The van der Waals surface area contributed by atoms with Gasteiger partial charge in [0.1, 0.15) is 5.75 Å². The van der Waals surface area contributed by atoms with Crippen LogP contribution in [0.1, 0.15) is 57.2 Å². The summed E-state index contributed by atoms with van der Waals surface area (Å²) in [6.45, 7) is 6.04. The van der Waals surface area contributed by atoms with Gasteiger partial charge in [-0.1, -0.05) is 60.7 Å². The lowest BCUT2D eigenvalue weighted by atomic mass is 9.55. The Morgan fingerprint density at radius 3 is 1.82 bits per heavy atom. The van der Waals surface area contributed by atoms with Crippen LogP contribution in [-0.4, -0.2) is 30.2 Å². The van der Waals surface area contributed by atoms with Gasteiger partial charge in [0.2, 0.25) is 17.7 Å². The summed E-state index contributed by atoms with van der Waals surface area (Å²) in [7, 11) is 0. The van der Waals surface area contributed by atoms with Gasteiger partial charge in [0.05, 0.1) is 23.4 Å². The van der Waals surface area contributed by atoms with Crippen LogP contribution in [0.15, 0.2) is 84.9 Å². The van der Waals surface area contributed by atoms with Gasteiger partial charge in [0.25, 0.3) is 0 Å². The van der Waals surface area contributed by atoms with Gasteiger partial charge in [-0.2, -0.15) is 0 Å². The highest BCUT2D eigenvalue weighted by molar-refractivity contribution is 6.23. The molecule has 224 valence electrons. The van der Waals surface area contributed by atoms with Crippen LogP contribution in [0.4, 0.5) is 11.4 Å². The number of aryl methyl sites for hydroxylation is 2. The van der Waals surface area contributed by atoms with Crippen LogP contribution in [-0.2, 0) is 19.2 Å². The molecular formula is C38H32N2O5. The number of esters is 1. The monoisotopic (exact) mass is 596 g/mol. The molecule has 3 amide bonds. The molecule has 0 N–H and O–H groups in total. The van der Waals surface area contributed by atoms with Gasteiger partial charge in [0.15, 0.2) is 0 Å². The molecule has 0 saturated carbocycles. The van der Waals surface area contributed by atoms with E-state index in [4.69, 9.17) is 4.74 Å². The van der Waals surface area contributed by atoms with E-state index in [2.05, 4.69) is 24.3 Å². The van der Waals surface area contributed by atoms with Gasteiger partial charge in [0, 0.05) is 30.5 Å². The number of ether oxygens (including phenoxy) is 1. The maximum absolute atomic E-state index is 14.2. The second kappa shape index (κ2) is 9.99. The molecule has 45 heavy (non-hydrogen) atoms. The van der Waals surface area contributed by atoms with E-state index in [1.165, 1.54) is 4.90 Å². The Morgan fingerprint density at radius 2 is 1.27 bits per heavy atom. The number of hydrogen-bond acceptors (Lipinski definition) is 5. The highest BCUT2D eigenvalue weighted by Crippen LogP contribution is 2.61. The fourth-order valence-electron chi connectivity index (χ4n) is 8.18. The fourth-order valence-corrected chi connectivity index (χ4v) is 8.18. The molecule has 0 spiro atoms. The first-order valence-corrected chi connectivity index (χ1v) is 15.5. The second-order valence-electron chi connectivity index (χ2n) is 12.8. The SMILES string of the molecule is Cc1cc(OC(=O)[C@@H]2CC(=O)N(c3cccc(C)c3C)C2)ccc1N1C(=O)[C@@H]2C3c4ccccc4C(c4ccccc43)[C@H]2C1=O. The zero-order chi connectivity index (χ0) is 31.1. The summed E-state index contributed by atoms with van der Waals surface area (Å²) >= 11 is 0. The first-order valence-electron chi connectivity index (χ1n) is 15.5. The summed E-state index contributed by atoms with van der Waals surface area (Å²) in [6, 6.07) is 27.2. The minimum absolute atomic E-state index is 0.0793. The minimum atomic E-state index is -0.596. The molecule has 2 bridgehead atoms. The molecule has 4 aromatic rings. The Hall–Kier alpha value is -5.04. The highest BCUT2D eigenvalue weighted by atomic mass is 16.5. The molecule has 0 aromatic heterocycles. The van der Waals surface area contributed by atoms with Crippen LogP contribution in [0.25, 0.3) is 0 Å². The summed E-state index contributed by atoms with van der Waals surface area (Å²) in [4.78, 5) is 57.4. The minimum Gasteiger partial charge on any atom is -0.426 e. The highest BCUT2D eigenvalue weighted by Gasteiger charge is 2.61. The summed E-state index contributed by atoms with van der Waals surface area (Å²) in [5, 5.41) is 0. The van der Waals surface area contributed by atoms with E-state index in [0.717, 1.165) is 39.1 Å². The number of amides is 3. The number of anilines is 2. The molecule has 7 nitrogen and oxygen atoms in total. The van der Waals surface area contributed by atoms with Crippen LogP contribution < -0.4 is 14.5 Å². The number of benzene rings is 4. The number of carbonyl (C=O) groups is 4. The molecule has 4 aromatic carbocycles. The van der Waals surface area contributed by atoms with Gasteiger partial charge < -0.3 is 9.64 Å². The average molecular weight is 597 g/mol. The van der Waals surface area contributed by atoms with E-state index in [-0.39, 0.29) is 42.5 Å². The van der Waals surface area contributed by atoms with Crippen LogP contribution in [0, 0.1) is 38.5 Å². The summed E-state index contributed by atoms with van der Waals surface area (Å²) in [6.07, 6.45) is 0.0793. The smallest absolute Gasteiger partial charge is 0.316 e. The maximum atomic E-state index is 14.2. The Bertz CT molecular complexity index is 1850. The molecule has 3 aliphatic carbocycles. The number of carbonyl (C=O) groups excluding carboxylic acids is 4. The van der Waals surface area contributed by atoms with Crippen molar-refractivity contribution in [2.75, 3.05) is 16.3 Å². The molecule has 7 heteroatoms. The Balaban J connectivity index is 1.04. The third-order valence-corrected chi connectivity index (χ3v) is 10.4. The topological polar surface area (TPSA) is 84.0 Å². The van der Waals surface area contributed by atoms with Crippen molar-refractivity contribution in [3.8, 4) is 5.75 Å². The molecule has 2 heterocycles. The van der Waals surface area contributed by atoms with Crippen molar-refractivity contribution in [3.63, 3.8) is 0 Å². The number of imide groups is 1. The van der Waals surface area contributed by atoms with Crippen molar-refractivity contribution >= 4 is 35.1 Å². The first-order chi connectivity index (χ1) is 21.7. The van der Waals surface area contributed by atoms with Crippen LogP contribution >= 0.6 is 0 Å². The Morgan fingerprint density at radius 1 is 0.689 bits per heavy atom. The second-order valence-corrected chi connectivity index (χ2v) is 12.8. The first kappa shape index (κ1) is 27.5. The molecule has 0 radical (unpaired) electrons. The van der Waals surface area contributed by atoms with Crippen LogP contribution in [0.2, 0.25) is 0 Å². The third kappa shape index (κ3) is 3.96. The zero-order valence-electron chi connectivity index (χ0n) is 25.3. The predicted octanol–water partition coefficient (Wildman–Crippen LogP) is 5.97. The maximum Gasteiger partial charge on any atom is 0.316 e. The Labute approximate surface area is 261 Å². The van der Waals surface area contributed by atoms with Gasteiger partial charge in [-0.15, -0.1) is 0 Å². The molecule has 0 unspecified atom stereocenters. The van der Waals surface area contributed by atoms with Gasteiger partial charge in [-0.25, -0.2) is 4.90 Å². The van der Waals surface area contributed by atoms with Crippen molar-refractivity contribution in [1.82, 2.24) is 0 Å². The van der Waals surface area contributed by atoms with E-state index >= 15 is 0 Å². The lowest BCUT2D eigenvalue weighted by Crippen LogP contribution is -2.41. The van der Waals surface area contributed by atoms with E-state index < -0.39 is 23.7 Å². The van der Waals surface area contributed by atoms with Crippen LogP contribution in [0.3, 0.4) is 0 Å². The van der Waals surface area contributed by atoms with Crippen molar-refractivity contribution in [2.45, 2.75) is 39.0 Å². The van der Waals surface area contributed by atoms with E-state index in [1.807, 2.05) is 63.2 Å². The van der Waals surface area contributed by atoms with Crippen LogP contribution in [0.5, 0.6) is 5.75 Å². The number of hydrogen-bond donors (Lipinski definition) is 0. The lowest BCUT2D eigenvalue weighted by molar-refractivity contribution is -0.139. The molecular weight excluding hydrogens is 564 g/mol. The quantitative estimate of drug-likeness (QED) is 0.165. The molecule has 5 aliphatic rings. The third-order valence-electron chi connectivity index (χ3n) is 10.4. The Kier molecular flexibility index (Phi) is 6.11. The van der Waals surface area contributed by atoms with E-state index in [9.17, 15) is 19.2 Å². The summed E-state index contributed by atoms with van der Waals surface area (Å²) < 4.78 is 5.75. The average Bonchev–Trinajstić information content (AvgIpc) is 3.55. The molecule has 2 aliphatic heterocycles. The predicted molar refractivity (Wildman–Crippen MR) is 169 cm³/mol. The summed E-state index contributed by atoms with van der Waals surface area (Å²) in [5.41, 5.74) is 8.59. The molecule has 3 atom stereocenters. The summed E-state index contributed by atoms with van der Waals surface area (Å²) in [5.74, 6) is -2.53. The van der Waals surface area contributed by atoms with Crippen molar-refractivity contribution in [1.29, 1.82) is 0 Å². The van der Waals surface area contributed by atoms with Crippen molar-refractivity contribution in [2.24, 2.45) is 17.8 Å². The van der Waals surface area contributed by atoms with Crippen molar-refractivity contribution in [3.05, 3.63) is 124 Å². The lowest BCUT2D eigenvalue weighted by Gasteiger charge is -2.45. The molecule has 2 saturated heterocycles. The number of nitrogens with zero attached hydrogens (tertiary/aromatic N) is 2. The largest absolute Gasteiger partial charge is 0.426 e. The normalized spacial score (nSPS) is 24.5. The zero-order valence-corrected chi connectivity index (χ0v) is 25.3.